The molecule has 2 heterocycles. The highest BCUT2D eigenvalue weighted by Crippen LogP contribution is 2.60. The van der Waals surface area contributed by atoms with Crippen LogP contribution in [0.1, 0.15) is 138 Å². The van der Waals surface area contributed by atoms with Gasteiger partial charge < -0.3 is 9.16 Å². The fourth-order valence-corrected chi connectivity index (χ4v) is 8.01. The summed E-state index contributed by atoms with van der Waals surface area (Å²) in [6, 6.07) is 10.3. The first-order valence-electron chi connectivity index (χ1n) is 14.6. The Morgan fingerprint density at radius 1 is 1.08 bits per heavy atom. The maximum atomic E-state index is 9.39. The molecular weight excluding hydrogens is 484 g/mol. The molecule has 38 heavy (non-hydrogen) atoms. The number of nitriles is 1. The number of benzene rings is 1. The predicted molar refractivity (Wildman–Crippen MR) is 156 cm³/mol. The van der Waals surface area contributed by atoms with Gasteiger partial charge in [0.15, 0.2) is 8.32 Å². The molecule has 2 aliphatic carbocycles. The van der Waals surface area contributed by atoms with E-state index in [1.807, 2.05) is 12.1 Å². The second-order valence-electron chi connectivity index (χ2n) is 14.6. The fourth-order valence-electron chi connectivity index (χ4n) is 6.75. The lowest BCUT2D eigenvalue weighted by molar-refractivity contribution is -0.0579. The smallest absolute Gasteiger partial charge is 0.192 e. The minimum absolute atomic E-state index is 0.0397. The van der Waals surface area contributed by atoms with Crippen LogP contribution in [0.15, 0.2) is 24.3 Å². The van der Waals surface area contributed by atoms with Crippen molar-refractivity contribution in [3.63, 3.8) is 0 Å². The van der Waals surface area contributed by atoms with E-state index in [4.69, 9.17) is 14.1 Å². The number of hydrogen-bond acceptors (Lipinski definition) is 4. The summed E-state index contributed by atoms with van der Waals surface area (Å²) in [6.45, 7) is 21.1. The molecule has 4 nitrogen and oxygen atoms in total. The van der Waals surface area contributed by atoms with Crippen LogP contribution in [0.4, 0.5) is 0 Å². The van der Waals surface area contributed by atoms with Crippen molar-refractivity contribution in [1.29, 1.82) is 5.26 Å². The van der Waals surface area contributed by atoms with Crippen LogP contribution < -0.4 is 0 Å². The third-order valence-corrected chi connectivity index (χ3v) is 14.2. The second-order valence-corrected chi connectivity index (χ2v) is 19.4. The van der Waals surface area contributed by atoms with E-state index < -0.39 is 8.32 Å². The first kappa shape index (κ1) is 27.6. The van der Waals surface area contributed by atoms with Crippen molar-refractivity contribution in [1.82, 2.24) is 4.98 Å². The molecule has 5 rings (SSSR count). The summed E-state index contributed by atoms with van der Waals surface area (Å²) in [6.07, 6.45) is 6.35. The van der Waals surface area contributed by atoms with Crippen molar-refractivity contribution in [2.24, 2.45) is 5.41 Å². The zero-order valence-corrected chi connectivity index (χ0v) is 26.0. The molecule has 2 aromatic rings. The molecule has 0 amide bonds. The van der Waals surface area contributed by atoms with Crippen LogP contribution >= 0.6 is 0 Å². The van der Waals surface area contributed by atoms with Crippen LogP contribution in [0.5, 0.6) is 0 Å². The van der Waals surface area contributed by atoms with Gasteiger partial charge in [-0.3, -0.25) is 4.98 Å². The number of ether oxygens (including phenoxy) is 1. The zero-order chi connectivity index (χ0) is 27.7. The van der Waals surface area contributed by atoms with Gasteiger partial charge in [0.05, 0.1) is 23.3 Å². The molecule has 3 aliphatic rings. The van der Waals surface area contributed by atoms with E-state index in [9.17, 15) is 5.26 Å². The van der Waals surface area contributed by atoms with E-state index in [2.05, 4.69) is 79.8 Å². The monoisotopic (exact) mass is 530 g/mol. The Kier molecular flexibility index (Phi) is 6.74. The van der Waals surface area contributed by atoms with Gasteiger partial charge in [-0.25, -0.2) is 0 Å². The molecule has 1 aromatic heterocycles. The summed E-state index contributed by atoms with van der Waals surface area (Å²) in [5.41, 5.74) is 8.13. The lowest BCUT2D eigenvalue weighted by Crippen LogP contribution is -2.44. The molecule has 1 aliphatic heterocycles. The largest absolute Gasteiger partial charge is 0.410 e. The first-order valence-corrected chi connectivity index (χ1v) is 17.5. The van der Waals surface area contributed by atoms with Gasteiger partial charge >= 0.3 is 0 Å². The molecule has 1 aromatic carbocycles. The van der Waals surface area contributed by atoms with Crippen LogP contribution in [0, 0.1) is 16.7 Å². The lowest BCUT2D eigenvalue weighted by Gasteiger charge is -2.45. The Morgan fingerprint density at radius 2 is 1.71 bits per heavy atom. The van der Waals surface area contributed by atoms with E-state index in [0.717, 1.165) is 31.2 Å². The van der Waals surface area contributed by atoms with Gasteiger partial charge in [0.2, 0.25) is 0 Å². The number of aromatic nitrogens is 1. The molecule has 1 spiro atoms. The highest BCUT2D eigenvalue weighted by Gasteiger charge is 2.54. The molecule has 1 saturated carbocycles. The summed E-state index contributed by atoms with van der Waals surface area (Å²) in [5.74, 6) is 0.292. The number of rotatable bonds is 4. The van der Waals surface area contributed by atoms with Gasteiger partial charge in [0.25, 0.3) is 0 Å². The summed E-state index contributed by atoms with van der Waals surface area (Å²) >= 11 is 0. The summed E-state index contributed by atoms with van der Waals surface area (Å²) in [4.78, 5) is 5.49. The molecule has 0 N–H and O–H groups in total. The number of fused-ring (bicyclic) bond motifs is 4. The highest BCUT2D eigenvalue weighted by molar-refractivity contribution is 6.74. The summed E-state index contributed by atoms with van der Waals surface area (Å²) in [5, 5.41) is 9.52. The number of hydrogen-bond donors (Lipinski definition) is 0. The standard InChI is InChI=1S/C33H46N2O2Si/c1-21(2)29-27-28(33(16-10-11-17-33)36-30(27)23-14-12-22(20-34)13-15-23)26-24(35-29)18-32(6,7)19-25(26)37-38(8,9)31(3,4)5/h12-15,21,25,30H,10-11,16-19H2,1-9H3. The third kappa shape index (κ3) is 4.57. The van der Waals surface area contributed by atoms with E-state index in [1.54, 1.807) is 0 Å². The Labute approximate surface area is 231 Å². The minimum Gasteiger partial charge on any atom is -0.410 e. The average Bonchev–Trinajstić information content (AvgIpc) is 3.42. The maximum Gasteiger partial charge on any atom is 0.192 e. The number of nitrogens with zero attached hydrogens (tertiary/aromatic N) is 2. The van der Waals surface area contributed by atoms with Crippen molar-refractivity contribution < 1.29 is 9.16 Å². The molecule has 5 heteroatoms. The normalized spacial score (nSPS) is 23.9. The van der Waals surface area contributed by atoms with Crippen LogP contribution in [0.25, 0.3) is 0 Å². The Morgan fingerprint density at radius 3 is 2.26 bits per heavy atom. The molecule has 0 radical (unpaired) electrons. The lowest BCUT2D eigenvalue weighted by atomic mass is 9.70. The van der Waals surface area contributed by atoms with Crippen molar-refractivity contribution in [3.8, 4) is 6.07 Å². The topological polar surface area (TPSA) is 55.1 Å². The molecule has 2 unspecified atom stereocenters. The Hall–Kier alpha value is -2.00. The van der Waals surface area contributed by atoms with Gasteiger partial charge in [0.1, 0.15) is 6.10 Å². The second kappa shape index (κ2) is 9.29. The molecular formula is C33H46N2O2Si. The van der Waals surface area contributed by atoms with Crippen molar-refractivity contribution in [2.75, 3.05) is 0 Å². The predicted octanol–water partition coefficient (Wildman–Crippen LogP) is 9.00. The van der Waals surface area contributed by atoms with E-state index in [-0.39, 0.29) is 28.3 Å². The van der Waals surface area contributed by atoms with E-state index in [0.29, 0.717) is 11.5 Å². The van der Waals surface area contributed by atoms with Crippen molar-refractivity contribution >= 4 is 8.32 Å². The van der Waals surface area contributed by atoms with E-state index >= 15 is 0 Å². The Bertz CT molecular complexity index is 1260. The first-order chi connectivity index (χ1) is 17.7. The van der Waals surface area contributed by atoms with E-state index in [1.165, 1.54) is 40.9 Å². The Balaban J connectivity index is 1.77. The van der Waals surface area contributed by atoms with Gasteiger partial charge in [-0.1, -0.05) is 73.4 Å². The molecule has 0 bridgehead atoms. The average molecular weight is 531 g/mol. The summed E-state index contributed by atoms with van der Waals surface area (Å²) in [7, 11) is -2.03. The highest BCUT2D eigenvalue weighted by atomic mass is 28.4. The van der Waals surface area contributed by atoms with Crippen molar-refractivity contribution in [3.05, 3.63) is 63.5 Å². The van der Waals surface area contributed by atoms with Gasteiger partial charge in [0, 0.05) is 22.5 Å². The van der Waals surface area contributed by atoms with Gasteiger partial charge in [-0.2, -0.15) is 5.26 Å². The minimum atomic E-state index is -2.03. The van der Waals surface area contributed by atoms with Crippen molar-refractivity contribution in [2.45, 2.75) is 129 Å². The quantitative estimate of drug-likeness (QED) is 0.370. The van der Waals surface area contributed by atoms with Crippen LogP contribution in [0.3, 0.4) is 0 Å². The van der Waals surface area contributed by atoms with Crippen LogP contribution in [-0.2, 0) is 21.2 Å². The zero-order valence-electron chi connectivity index (χ0n) is 25.0. The molecule has 204 valence electrons. The maximum absolute atomic E-state index is 9.39. The third-order valence-electron chi connectivity index (χ3n) is 9.69. The number of pyridine rings is 1. The van der Waals surface area contributed by atoms with Crippen LogP contribution in [0.2, 0.25) is 18.1 Å². The molecule has 0 saturated heterocycles. The van der Waals surface area contributed by atoms with Gasteiger partial charge in [-0.15, -0.1) is 0 Å². The summed E-state index contributed by atoms with van der Waals surface area (Å²) < 4.78 is 14.5. The fraction of sp³-hybridized carbons (Fsp3) is 0.636. The molecule has 2 atom stereocenters. The SMILES string of the molecule is CC(C)c1nc2c(c3c1C(c1ccc(C#N)cc1)OC31CCCC1)C(O[Si](C)(C)C(C)(C)C)CC(C)(C)C2. The van der Waals surface area contributed by atoms with Crippen LogP contribution in [-0.4, -0.2) is 13.3 Å². The molecule has 1 fully saturated rings. The van der Waals surface area contributed by atoms with Gasteiger partial charge in [-0.05, 0) is 78.4 Å².